The Morgan fingerprint density at radius 1 is 0.765 bits per heavy atom. The second-order valence-corrected chi connectivity index (χ2v) is 8.85. The zero-order valence-corrected chi connectivity index (χ0v) is 21.8. The van der Waals surface area contributed by atoms with Crippen LogP contribution in [-0.4, -0.2) is 88.0 Å². The Kier molecular flexibility index (Phi) is 16.7. The summed E-state index contributed by atoms with van der Waals surface area (Å²) in [5.74, 6) is -3.73. The van der Waals surface area contributed by atoms with Crippen LogP contribution in [0.25, 0.3) is 0 Å². The minimum absolute atomic E-state index is 0.0851. The van der Waals surface area contributed by atoms with Crippen molar-refractivity contribution in [2.24, 2.45) is 0 Å². The maximum absolute atomic E-state index is 15.4. The van der Waals surface area contributed by atoms with Crippen molar-refractivity contribution in [1.29, 1.82) is 0 Å². The predicted molar refractivity (Wildman–Crippen MR) is 126 cm³/mol. The molecule has 6 atom stereocenters. The van der Waals surface area contributed by atoms with E-state index in [-0.39, 0.29) is 13.2 Å². The molecule has 1 unspecified atom stereocenters. The molecular formula is C25H48F2O7. The Labute approximate surface area is 204 Å². The van der Waals surface area contributed by atoms with Gasteiger partial charge in [-0.2, -0.15) is 8.78 Å². The van der Waals surface area contributed by atoms with Crippen molar-refractivity contribution < 1.29 is 42.3 Å². The normalized spacial score (nSPS) is 26.6. The molecule has 0 aliphatic carbocycles. The van der Waals surface area contributed by atoms with Crippen LogP contribution in [0, 0.1) is 0 Å². The Morgan fingerprint density at radius 3 is 1.74 bits per heavy atom. The summed E-state index contributed by atoms with van der Waals surface area (Å²) >= 11 is 0. The largest absolute Gasteiger partial charge is 0.379 e. The first-order valence-electron chi connectivity index (χ1n) is 13.0. The van der Waals surface area contributed by atoms with E-state index in [2.05, 4.69) is 18.6 Å². The van der Waals surface area contributed by atoms with Gasteiger partial charge in [0.15, 0.2) is 6.10 Å². The van der Waals surface area contributed by atoms with Crippen LogP contribution in [0.15, 0.2) is 0 Å². The van der Waals surface area contributed by atoms with Crippen LogP contribution in [-0.2, 0) is 28.4 Å². The van der Waals surface area contributed by atoms with Gasteiger partial charge < -0.3 is 33.5 Å². The second-order valence-electron chi connectivity index (χ2n) is 8.85. The fourth-order valence-corrected chi connectivity index (χ4v) is 3.77. The van der Waals surface area contributed by atoms with Crippen LogP contribution in [0.4, 0.5) is 8.78 Å². The Bertz CT molecular complexity index is 498. The van der Waals surface area contributed by atoms with Gasteiger partial charge in [-0.05, 0) is 25.7 Å². The van der Waals surface area contributed by atoms with Crippen LogP contribution < -0.4 is 0 Å². The number of aliphatic hydroxyl groups excluding tert-OH is 1. The van der Waals surface area contributed by atoms with E-state index in [1.54, 1.807) is 0 Å². The number of hydrogen-bond acceptors (Lipinski definition) is 7. The molecule has 1 fully saturated rings. The second kappa shape index (κ2) is 17.9. The first-order chi connectivity index (χ1) is 16.4. The van der Waals surface area contributed by atoms with Gasteiger partial charge in [0.2, 0.25) is 6.29 Å². The van der Waals surface area contributed by atoms with Crippen molar-refractivity contribution in [3.05, 3.63) is 0 Å². The van der Waals surface area contributed by atoms with Crippen LogP contribution in [0.2, 0.25) is 0 Å². The van der Waals surface area contributed by atoms with E-state index in [4.69, 9.17) is 23.7 Å². The molecule has 0 spiro atoms. The van der Waals surface area contributed by atoms with Gasteiger partial charge in [0.25, 0.3) is 0 Å². The lowest BCUT2D eigenvalue weighted by atomic mass is 9.90. The summed E-state index contributed by atoms with van der Waals surface area (Å²) in [6.45, 7) is 9.83. The molecule has 7 nitrogen and oxygen atoms in total. The lowest BCUT2D eigenvalue weighted by Gasteiger charge is -2.48. The maximum Gasteiger partial charge on any atom is 0.325 e. The van der Waals surface area contributed by atoms with E-state index in [1.165, 1.54) is 0 Å². The first-order valence-corrected chi connectivity index (χ1v) is 13.0. The highest BCUT2D eigenvalue weighted by Gasteiger charge is 2.60. The zero-order valence-electron chi connectivity index (χ0n) is 21.8. The number of unbranched alkanes of at least 4 members (excludes halogenated alkanes) is 4. The van der Waals surface area contributed by atoms with Crippen LogP contribution in [0.5, 0.6) is 0 Å². The number of hydrogen-bond donors (Lipinski definition) is 1. The summed E-state index contributed by atoms with van der Waals surface area (Å²) in [7, 11) is 1.03. The SMILES string of the molecule is CCCCOC[C@H]1O[C@@H](C(F)(F)C(O)OC)[C@H](OCCCC)[C@@H](OCCCC)[C@H]1OCCCC. The summed E-state index contributed by atoms with van der Waals surface area (Å²) in [5.41, 5.74) is 0. The Balaban J connectivity index is 3.29. The van der Waals surface area contributed by atoms with Crippen LogP contribution in [0.3, 0.4) is 0 Å². The van der Waals surface area contributed by atoms with Gasteiger partial charge in [0.05, 0.1) is 6.61 Å². The van der Waals surface area contributed by atoms with Gasteiger partial charge in [0.1, 0.15) is 24.4 Å². The fraction of sp³-hybridized carbons (Fsp3) is 1.00. The highest BCUT2D eigenvalue weighted by atomic mass is 19.3. The molecule has 0 saturated carbocycles. The van der Waals surface area contributed by atoms with Crippen LogP contribution >= 0.6 is 0 Å². The molecule has 1 aliphatic heterocycles. The van der Waals surface area contributed by atoms with Crippen LogP contribution in [0.1, 0.15) is 79.1 Å². The molecule has 0 bridgehead atoms. The Hall–Kier alpha value is -0.420. The molecule has 0 aromatic rings. The smallest absolute Gasteiger partial charge is 0.325 e. The summed E-state index contributed by atoms with van der Waals surface area (Å²) in [6, 6.07) is 0. The fourth-order valence-electron chi connectivity index (χ4n) is 3.77. The van der Waals surface area contributed by atoms with Crippen molar-refractivity contribution in [2.45, 2.75) is 122 Å². The van der Waals surface area contributed by atoms with E-state index >= 15 is 8.78 Å². The molecule has 0 radical (unpaired) electrons. The van der Waals surface area contributed by atoms with Crippen molar-refractivity contribution in [1.82, 2.24) is 0 Å². The molecule has 34 heavy (non-hydrogen) atoms. The molecule has 204 valence electrons. The summed E-state index contributed by atoms with van der Waals surface area (Å²) in [5, 5.41) is 9.99. The summed E-state index contributed by atoms with van der Waals surface area (Å²) in [4.78, 5) is 0. The van der Waals surface area contributed by atoms with E-state index in [1.807, 2.05) is 13.8 Å². The minimum Gasteiger partial charge on any atom is -0.379 e. The number of alkyl halides is 2. The van der Waals surface area contributed by atoms with Gasteiger partial charge in [-0.1, -0.05) is 53.4 Å². The standard InChI is InChI=1S/C25H48F2O7/c1-6-10-14-30-18-19-20(31-15-11-7-2)21(32-16-12-8-3)22(33-17-13-9-4)23(34-19)25(26,27)24(28)29-5/h19-24,28H,6-18H2,1-5H3/t19-,20+,21+,22-,23-,24?/m1/s1. The summed E-state index contributed by atoms with van der Waals surface area (Å²) < 4.78 is 65.3. The third-order valence-corrected chi connectivity index (χ3v) is 5.91. The quantitative estimate of drug-likeness (QED) is 0.192. The molecule has 0 aromatic carbocycles. The number of halogens is 2. The molecule has 0 aromatic heterocycles. The number of aliphatic hydroxyl groups is 1. The minimum atomic E-state index is -3.73. The molecule has 1 N–H and O–H groups in total. The Morgan fingerprint density at radius 2 is 1.24 bits per heavy atom. The van der Waals surface area contributed by atoms with E-state index in [0.29, 0.717) is 26.2 Å². The molecule has 1 rings (SSSR count). The third kappa shape index (κ3) is 9.91. The van der Waals surface area contributed by atoms with Gasteiger partial charge in [-0.25, -0.2) is 0 Å². The van der Waals surface area contributed by atoms with E-state index in [9.17, 15) is 5.11 Å². The average Bonchev–Trinajstić information content (AvgIpc) is 2.83. The monoisotopic (exact) mass is 498 g/mol. The number of rotatable bonds is 20. The number of ether oxygens (including phenoxy) is 6. The van der Waals surface area contributed by atoms with Gasteiger partial charge in [-0.15, -0.1) is 0 Å². The molecule has 0 amide bonds. The first kappa shape index (κ1) is 31.6. The average molecular weight is 499 g/mol. The lowest BCUT2D eigenvalue weighted by Crippen LogP contribution is -2.67. The van der Waals surface area contributed by atoms with Gasteiger partial charge in [0, 0.05) is 33.5 Å². The molecule has 1 saturated heterocycles. The van der Waals surface area contributed by atoms with Crippen molar-refractivity contribution >= 4 is 0 Å². The topological polar surface area (TPSA) is 75.6 Å². The molecular weight excluding hydrogens is 450 g/mol. The number of methoxy groups -OCH3 is 1. The highest BCUT2D eigenvalue weighted by Crippen LogP contribution is 2.38. The van der Waals surface area contributed by atoms with Crippen molar-refractivity contribution in [2.75, 3.05) is 40.1 Å². The lowest BCUT2D eigenvalue weighted by molar-refractivity contribution is -0.340. The van der Waals surface area contributed by atoms with Crippen molar-refractivity contribution in [3.8, 4) is 0 Å². The van der Waals surface area contributed by atoms with E-state index in [0.717, 1.165) is 52.1 Å². The van der Waals surface area contributed by atoms with E-state index < -0.39 is 42.7 Å². The maximum atomic E-state index is 15.4. The highest BCUT2D eigenvalue weighted by molar-refractivity contribution is 5.01. The van der Waals surface area contributed by atoms with Gasteiger partial charge in [-0.3, -0.25) is 0 Å². The predicted octanol–water partition coefficient (Wildman–Crippen LogP) is 4.73. The molecule has 9 heteroatoms. The zero-order chi connectivity index (χ0) is 25.4. The summed E-state index contributed by atoms with van der Waals surface area (Å²) in [6.07, 6.45) is -0.692. The third-order valence-electron chi connectivity index (χ3n) is 5.91. The van der Waals surface area contributed by atoms with Crippen molar-refractivity contribution in [3.63, 3.8) is 0 Å². The molecule has 1 heterocycles. The molecule has 1 aliphatic rings. The van der Waals surface area contributed by atoms with Gasteiger partial charge >= 0.3 is 5.92 Å².